The molecule has 1 amide bonds. The minimum absolute atomic E-state index is 0.217. The molecule has 0 unspecified atom stereocenters. The van der Waals surface area contributed by atoms with Gasteiger partial charge in [0.25, 0.3) is 0 Å². The largest absolute Gasteiger partial charge is 0.370 e. The third-order valence-corrected chi connectivity index (χ3v) is 2.82. The molecule has 2 nitrogen and oxygen atoms in total. The number of aryl methyl sites for hydroxylation is 3. The third-order valence-electron chi connectivity index (χ3n) is 2.82. The van der Waals surface area contributed by atoms with Gasteiger partial charge in [-0.3, -0.25) is 4.79 Å². The summed E-state index contributed by atoms with van der Waals surface area (Å²) in [4.78, 5) is 10.6. The van der Waals surface area contributed by atoms with E-state index < -0.39 is 0 Å². The molecule has 0 radical (unpaired) electrons. The molecule has 1 aliphatic carbocycles. The maximum absolute atomic E-state index is 10.6. The van der Waals surface area contributed by atoms with Gasteiger partial charge in [-0.05, 0) is 42.4 Å². The van der Waals surface area contributed by atoms with E-state index in [1.807, 2.05) is 0 Å². The lowest BCUT2D eigenvalue weighted by molar-refractivity contribution is -0.117. The van der Waals surface area contributed by atoms with Crippen molar-refractivity contribution in [3.63, 3.8) is 0 Å². The Bertz CT molecular complexity index is 357. The molecule has 14 heavy (non-hydrogen) atoms. The van der Waals surface area contributed by atoms with Gasteiger partial charge in [0.05, 0.1) is 0 Å². The van der Waals surface area contributed by atoms with Crippen molar-refractivity contribution < 1.29 is 4.79 Å². The predicted molar refractivity (Wildman–Crippen MR) is 56.0 cm³/mol. The molecular weight excluding hydrogens is 174 g/mol. The number of carbonyl (C=O) groups excluding carboxylic acids is 1. The van der Waals surface area contributed by atoms with Gasteiger partial charge >= 0.3 is 0 Å². The van der Waals surface area contributed by atoms with E-state index >= 15 is 0 Å². The Labute approximate surface area is 84.1 Å². The van der Waals surface area contributed by atoms with Crippen molar-refractivity contribution in [2.75, 3.05) is 0 Å². The highest BCUT2D eigenvalue weighted by Crippen LogP contribution is 2.23. The van der Waals surface area contributed by atoms with Gasteiger partial charge in [0, 0.05) is 6.42 Å². The average Bonchev–Trinajstić information content (AvgIpc) is 2.61. The minimum atomic E-state index is -0.217. The van der Waals surface area contributed by atoms with E-state index in [4.69, 9.17) is 5.73 Å². The topological polar surface area (TPSA) is 43.1 Å². The Morgan fingerprint density at radius 1 is 1.29 bits per heavy atom. The van der Waals surface area contributed by atoms with Crippen molar-refractivity contribution in [1.29, 1.82) is 0 Å². The first-order chi connectivity index (χ1) is 6.75. The Kier molecular flexibility index (Phi) is 2.53. The van der Waals surface area contributed by atoms with Crippen molar-refractivity contribution in [1.82, 2.24) is 0 Å². The number of carbonyl (C=O) groups is 1. The molecule has 2 rings (SSSR count). The molecule has 0 atom stereocenters. The molecule has 1 aromatic carbocycles. The van der Waals surface area contributed by atoms with Crippen LogP contribution in [0.25, 0.3) is 0 Å². The van der Waals surface area contributed by atoms with E-state index in [1.165, 1.54) is 36.0 Å². The smallest absolute Gasteiger partial charge is 0.217 e. The van der Waals surface area contributed by atoms with E-state index in [2.05, 4.69) is 18.2 Å². The van der Waals surface area contributed by atoms with Crippen molar-refractivity contribution in [2.45, 2.75) is 32.1 Å². The lowest BCUT2D eigenvalue weighted by Gasteiger charge is -2.03. The lowest BCUT2D eigenvalue weighted by Crippen LogP contribution is -2.11. The maximum atomic E-state index is 10.6. The van der Waals surface area contributed by atoms with E-state index in [9.17, 15) is 4.79 Å². The third kappa shape index (κ3) is 1.95. The molecule has 0 saturated carbocycles. The second-order valence-corrected chi connectivity index (χ2v) is 3.92. The molecule has 1 aliphatic rings. The van der Waals surface area contributed by atoms with Gasteiger partial charge in [-0.1, -0.05) is 18.2 Å². The van der Waals surface area contributed by atoms with Crippen LogP contribution in [0.1, 0.15) is 29.5 Å². The maximum Gasteiger partial charge on any atom is 0.217 e. The van der Waals surface area contributed by atoms with Crippen molar-refractivity contribution >= 4 is 5.91 Å². The van der Waals surface area contributed by atoms with Crippen LogP contribution in [0.2, 0.25) is 0 Å². The molecule has 0 aliphatic heterocycles. The Hall–Kier alpha value is -1.31. The molecule has 0 aromatic heterocycles. The quantitative estimate of drug-likeness (QED) is 0.771. The molecule has 0 fully saturated rings. The van der Waals surface area contributed by atoms with Gasteiger partial charge in [0.1, 0.15) is 0 Å². The second-order valence-electron chi connectivity index (χ2n) is 3.92. The van der Waals surface area contributed by atoms with Crippen LogP contribution in [-0.4, -0.2) is 5.91 Å². The van der Waals surface area contributed by atoms with Gasteiger partial charge in [-0.15, -0.1) is 0 Å². The zero-order chi connectivity index (χ0) is 9.97. The van der Waals surface area contributed by atoms with Crippen molar-refractivity contribution in [3.8, 4) is 0 Å². The molecule has 0 heterocycles. The monoisotopic (exact) mass is 189 g/mol. The van der Waals surface area contributed by atoms with Crippen molar-refractivity contribution in [2.24, 2.45) is 5.73 Å². The van der Waals surface area contributed by atoms with Crippen LogP contribution < -0.4 is 5.73 Å². The molecular formula is C12H15NO. The number of amides is 1. The summed E-state index contributed by atoms with van der Waals surface area (Å²) in [5.41, 5.74) is 9.30. The van der Waals surface area contributed by atoms with Crippen LogP contribution in [0.4, 0.5) is 0 Å². The number of fused-ring (bicyclic) bond motifs is 1. The number of primary amides is 1. The van der Waals surface area contributed by atoms with E-state index in [-0.39, 0.29) is 5.91 Å². The standard InChI is InChI=1S/C12H15NO/c13-12(14)7-5-9-4-6-10-2-1-3-11(10)8-9/h4,6,8H,1-3,5,7H2,(H2,13,14). The summed E-state index contributed by atoms with van der Waals surface area (Å²) in [6.07, 6.45) is 4.92. The van der Waals surface area contributed by atoms with Gasteiger partial charge in [-0.25, -0.2) is 0 Å². The van der Waals surface area contributed by atoms with Crippen LogP contribution in [0.5, 0.6) is 0 Å². The van der Waals surface area contributed by atoms with E-state index in [1.54, 1.807) is 0 Å². The van der Waals surface area contributed by atoms with Gasteiger partial charge in [-0.2, -0.15) is 0 Å². The van der Waals surface area contributed by atoms with Crippen LogP contribution in [0.15, 0.2) is 18.2 Å². The zero-order valence-electron chi connectivity index (χ0n) is 8.25. The normalized spacial score (nSPS) is 14.0. The number of hydrogen-bond donors (Lipinski definition) is 1. The Morgan fingerprint density at radius 3 is 2.86 bits per heavy atom. The molecule has 0 spiro atoms. The Balaban J connectivity index is 2.09. The summed E-state index contributed by atoms with van der Waals surface area (Å²) < 4.78 is 0. The van der Waals surface area contributed by atoms with Crippen LogP contribution >= 0.6 is 0 Å². The second kappa shape index (κ2) is 3.82. The first kappa shape index (κ1) is 9.25. The summed E-state index contributed by atoms with van der Waals surface area (Å²) in [5, 5.41) is 0. The molecule has 2 N–H and O–H groups in total. The van der Waals surface area contributed by atoms with Crippen LogP contribution in [-0.2, 0) is 24.1 Å². The molecule has 74 valence electrons. The molecule has 0 saturated heterocycles. The van der Waals surface area contributed by atoms with Gasteiger partial charge in [0.15, 0.2) is 0 Å². The predicted octanol–water partition coefficient (Wildman–Crippen LogP) is 1.59. The fraction of sp³-hybridized carbons (Fsp3) is 0.417. The highest BCUT2D eigenvalue weighted by Gasteiger charge is 2.10. The minimum Gasteiger partial charge on any atom is -0.370 e. The lowest BCUT2D eigenvalue weighted by atomic mass is 10.0. The fourth-order valence-corrected chi connectivity index (χ4v) is 2.05. The first-order valence-corrected chi connectivity index (χ1v) is 5.15. The summed E-state index contributed by atoms with van der Waals surface area (Å²) in [6.45, 7) is 0. The van der Waals surface area contributed by atoms with Crippen LogP contribution in [0.3, 0.4) is 0 Å². The number of benzene rings is 1. The molecule has 2 heteroatoms. The average molecular weight is 189 g/mol. The van der Waals surface area contributed by atoms with Crippen LogP contribution in [0, 0.1) is 0 Å². The highest BCUT2D eigenvalue weighted by molar-refractivity contribution is 5.74. The number of nitrogens with two attached hydrogens (primary N) is 1. The SMILES string of the molecule is NC(=O)CCc1ccc2c(c1)CCC2. The summed E-state index contributed by atoms with van der Waals surface area (Å²) in [7, 11) is 0. The highest BCUT2D eigenvalue weighted by atomic mass is 16.1. The Morgan fingerprint density at radius 2 is 2.07 bits per heavy atom. The summed E-state index contributed by atoms with van der Waals surface area (Å²) in [5.74, 6) is -0.217. The van der Waals surface area contributed by atoms with Gasteiger partial charge in [0.2, 0.25) is 5.91 Å². The summed E-state index contributed by atoms with van der Waals surface area (Å²) >= 11 is 0. The van der Waals surface area contributed by atoms with Gasteiger partial charge < -0.3 is 5.73 Å². The molecule has 1 aromatic rings. The van der Waals surface area contributed by atoms with E-state index in [0.29, 0.717) is 6.42 Å². The number of hydrogen-bond acceptors (Lipinski definition) is 1. The first-order valence-electron chi connectivity index (χ1n) is 5.15. The van der Waals surface area contributed by atoms with E-state index in [0.717, 1.165) is 6.42 Å². The number of rotatable bonds is 3. The fourth-order valence-electron chi connectivity index (χ4n) is 2.05. The summed E-state index contributed by atoms with van der Waals surface area (Å²) in [6, 6.07) is 6.54. The zero-order valence-corrected chi connectivity index (χ0v) is 8.25. The van der Waals surface area contributed by atoms with Crippen molar-refractivity contribution in [3.05, 3.63) is 34.9 Å². The molecule has 0 bridgehead atoms.